The first-order valence-electron chi connectivity index (χ1n) is 8.97. The SMILES string of the molecule is Fc1ccc(-c2nc3sc4cc(Cl)ccc4n3c2CN2CCNCC2)cc1. The van der Waals surface area contributed by atoms with Crippen LogP contribution in [-0.2, 0) is 6.54 Å². The highest BCUT2D eigenvalue weighted by Gasteiger charge is 2.21. The Morgan fingerprint density at radius 3 is 2.67 bits per heavy atom. The number of nitrogens with one attached hydrogen (secondary N) is 1. The second-order valence-corrected chi connectivity index (χ2v) is 8.22. The zero-order chi connectivity index (χ0) is 18.4. The van der Waals surface area contributed by atoms with E-state index in [0.717, 1.165) is 69.9 Å². The molecule has 4 nitrogen and oxygen atoms in total. The van der Waals surface area contributed by atoms with Crippen LogP contribution in [0.1, 0.15) is 5.69 Å². The van der Waals surface area contributed by atoms with Crippen molar-refractivity contribution in [3.8, 4) is 11.3 Å². The molecule has 0 spiro atoms. The molecule has 2 aromatic heterocycles. The number of benzene rings is 2. The summed E-state index contributed by atoms with van der Waals surface area (Å²) in [5, 5.41) is 4.13. The molecule has 1 saturated heterocycles. The molecule has 0 amide bonds. The van der Waals surface area contributed by atoms with E-state index in [1.807, 2.05) is 24.3 Å². The monoisotopic (exact) mass is 400 g/mol. The average Bonchev–Trinajstić information content (AvgIpc) is 3.19. The number of nitrogens with zero attached hydrogens (tertiary/aromatic N) is 3. The van der Waals surface area contributed by atoms with Crippen LogP contribution in [0.2, 0.25) is 5.02 Å². The molecule has 138 valence electrons. The van der Waals surface area contributed by atoms with Gasteiger partial charge in [-0.05, 0) is 42.5 Å². The zero-order valence-electron chi connectivity index (χ0n) is 14.6. The van der Waals surface area contributed by atoms with E-state index in [-0.39, 0.29) is 5.82 Å². The first kappa shape index (κ1) is 17.1. The summed E-state index contributed by atoms with van der Waals surface area (Å²) in [6.07, 6.45) is 0. The molecule has 7 heteroatoms. The minimum Gasteiger partial charge on any atom is -0.314 e. The molecule has 0 saturated carbocycles. The average molecular weight is 401 g/mol. The van der Waals surface area contributed by atoms with Crippen molar-refractivity contribution in [2.24, 2.45) is 0 Å². The summed E-state index contributed by atoms with van der Waals surface area (Å²) < 4.78 is 16.8. The summed E-state index contributed by atoms with van der Waals surface area (Å²) in [4.78, 5) is 8.30. The van der Waals surface area contributed by atoms with Gasteiger partial charge in [0.1, 0.15) is 5.82 Å². The molecule has 0 atom stereocenters. The highest BCUT2D eigenvalue weighted by Crippen LogP contribution is 2.34. The Labute approximate surface area is 165 Å². The van der Waals surface area contributed by atoms with E-state index in [1.165, 1.54) is 12.1 Å². The van der Waals surface area contributed by atoms with Gasteiger partial charge in [-0.25, -0.2) is 9.37 Å². The number of hydrogen-bond donors (Lipinski definition) is 1. The van der Waals surface area contributed by atoms with Crippen molar-refractivity contribution in [2.45, 2.75) is 6.54 Å². The minimum absolute atomic E-state index is 0.233. The molecule has 1 fully saturated rings. The number of fused-ring (bicyclic) bond motifs is 3. The molecule has 1 aliphatic rings. The predicted molar refractivity (Wildman–Crippen MR) is 109 cm³/mol. The third kappa shape index (κ3) is 3.12. The van der Waals surface area contributed by atoms with Crippen molar-refractivity contribution in [2.75, 3.05) is 26.2 Å². The van der Waals surface area contributed by atoms with Crippen LogP contribution in [0.4, 0.5) is 4.39 Å². The second-order valence-electron chi connectivity index (χ2n) is 6.77. The Hall–Kier alpha value is -1.99. The first-order valence-corrected chi connectivity index (χ1v) is 10.2. The molecule has 0 bridgehead atoms. The van der Waals surface area contributed by atoms with Crippen LogP contribution >= 0.6 is 22.9 Å². The number of hydrogen-bond acceptors (Lipinski definition) is 4. The third-order valence-corrected chi connectivity index (χ3v) is 6.25. The summed E-state index contributed by atoms with van der Waals surface area (Å²) in [6, 6.07) is 12.6. The van der Waals surface area contributed by atoms with Crippen molar-refractivity contribution >= 4 is 38.1 Å². The molecule has 0 radical (unpaired) electrons. The standard InChI is InChI=1S/C20H18ClFN4S/c21-14-3-6-16-18(11-14)27-20-24-19(13-1-4-15(22)5-2-13)17(26(16)20)12-25-9-7-23-8-10-25/h1-6,11,23H,7-10,12H2. The molecule has 2 aromatic carbocycles. The van der Waals surface area contributed by atoms with Crippen LogP contribution in [-0.4, -0.2) is 40.5 Å². The number of thiazole rings is 1. The van der Waals surface area contributed by atoms with Gasteiger partial charge >= 0.3 is 0 Å². The number of aromatic nitrogens is 2. The fourth-order valence-corrected chi connectivity index (χ4v) is 4.99. The Bertz CT molecular complexity index is 1110. The van der Waals surface area contributed by atoms with Crippen molar-refractivity contribution in [1.82, 2.24) is 19.6 Å². The lowest BCUT2D eigenvalue weighted by Gasteiger charge is -2.27. The van der Waals surface area contributed by atoms with Gasteiger partial charge in [0, 0.05) is 43.3 Å². The van der Waals surface area contributed by atoms with Gasteiger partial charge in [0.05, 0.1) is 21.6 Å². The molecular weight excluding hydrogens is 383 g/mol. The summed E-state index contributed by atoms with van der Waals surface area (Å²) in [6.45, 7) is 4.81. The normalized spacial score (nSPS) is 15.8. The van der Waals surface area contributed by atoms with Crippen LogP contribution in [0, 0.1) is 5.82 Å². The zero-order valence-corrected chi connectivity index (χ0v) is 16.2. The smallest absolute Gasteiger partial charge is 0.195 e. The Morgan fingerprint density at radius 1 is 1.11 bits per heavy atom. The van der Waals surface area contributed by atoms with Crippen molar-refractivity contribution in [3.63, 3.8) is 0 Å². The largest absolute Gasteiger partial charge is 0.314 e. The molecule has 1 aliphatic heterocycles. The highest BCUT2D eigenvalue weighted by molar-refractivity contribution is 7.23. The minimum atomic E-state index is -0.233. The van der Waals surface area contributed by atoms with Crippen LogP contribution < -0.4 is 5.32 Å². The number of halogens is 2. The van der Waals surface area contributed by atoms with E-state index in [1.54, 1.807) is 11.3 Å². The fourth-order valence-electron chi connectivity index (χ4n) is 3.67. The van der Waals surface area contributed by atoms with Gasteiger partial charge in [-0.1, -0.05) is 22.9 Å². The lowest BCUT2D eigenvalue weighted by molar-refractivity contribution is 0.231. The lowest BCUT2D eigenvalue weighted by atomic mass is 10.1. The maximum atomic E-state index is 13.4. The quantitative estimate of drug-likeness (QED) is 0.552. The van der Waals surface area contributed by atoms with Gasteiger partial charge in [0.15, 0.2) is 4.96 Å². The van der Waals surface area contributed by atoms with E-state index in [9.17, 15) is 4.39 Å². The van der Waals surface area contributed by atoms with Crippen molar-refractivity contribution < 1.29 is 4.39 Å². The first-order chi connectivity index (χ1) is 13.2. The third-order valence-electron chi connectivity index (χ3n) is 5.01. The van der Waals surface area contributed by atoms with Crippen molar-refractivity contribution in [3.05, 3.63) is 59.0 Å². The topological polar surface area (TPSA) is 32.6 Å². The van der Waals surface area contributed by atoms with Crippen molar-refractivity contribution in [1.29, 1.82) is 0 Å². The summed E-state index contributed by atoms with van der Waals surface area (Å²) in [5.41, 5.74) is 4.13. The summed E-state index contributed by atoms with van der Waals surface area (Å²) in [7, 11) is 0. The van der Waals surface area contributed by atoms with Gasteiger partial charge in [-0.2, -0.15) is 0 Å². The molecule has 4 aromatic rings. The van der Waals surface area contributed by atoms with Gasteiger partial charge < -0.3 is 5.32 Å². The van der Waals surface area contributed by atoms with E-state index >= 15 is 0 Å². The molecule has 27 heavy (non-hydrogen) atoms. The van der Waals surface area contributed by atoms with Gasteiger partial charge in [0.2, 0.25) is 0 Å². The molecule has 0 unspecified atom stereocenters. The molecule has 0 aliphatic carbocycles. The molecular formula is C20H18ClFN4S. The number of piperazine rings is 1. The lowest BCUT2D eigenvalue weighted by Crippen LogP contribution is -2.43. The fraction of sp³-hybridized carbons (Fsp3) is 0.250. The van der Waals surface area contributed by atoms with E-state index in [4.69, 9.17) is 16.6 Å². The predicted octanol–water partition coefficient (Wildman–Crippen LogP) is 4.41. The highest BCUT2D eigenvalue weighted by atomic mass is 35.5. The van der Waals surface area contributed by atoms with Crippen LogP contribution in [0.25, 0.3) is 26.4 Å². The summed E-state index contributed by atoms with van der Waals surface area (Å²) in [5.74, 6) is -0.233. The Morgan fingerprint density at radius 2 is 1.89 bits per heavy atom. The maximum Gasteiger partial charge on any atom is 0.195 e. The molecule has 1 N–H and O–H groups in total. The van der Waals surface area contributed by atoms with Crippen LogP contribution in [0.15, 0.2) is 42.5 Å². The number of rotatable bonds is 3. The Kier molecular flexibility index (Phi) is 4.36. The van der Waals surface area contributed by atoms with Crippen LogP contribution in [0.3, 0.4) is 0 Å². The van der Waals surface area contributed by atoms with E-state index in [0.29, 0.717) is 0 Å². The molecule has 3 heterocycles. The van der Waals surface area contributed by atoms with Gasteiger partial charge in [0.25, 0.3) is 0 Å². The van der Waals surface area contributed by atoms with Crippen LogP contribution in [0.5, 0.6) is 0 Å². The Balaban J connectivity index is 1.70. The van der Waals surface area contributed by atoms with Gasteiger partial charge in [-0.3, -0.25) is 9.30 Å². The number of imidazole rings is 1. The second kappa shape index (κ2) is 6.87. The maximum absolute atomic E-state index is 13.4. The molecule has 5 rings (SSSR count). The van der Waals surface area contributed by atoms with E-state index in [2.05, 4.69) is 20.7 Å². The van der Waals surface area contributed by atoms with E-state index < -0.39 is 0 Å². The van der Waals surface area contributed by atoms with Gasteiger partial charge in [-0.15, -0.1) is 0 Å². The summed E-state index contributed by atoms with van der Waals surface area (Å²) >= 11 is 7.81.